The van der Waals surface area contributed by atoms with Crippen molar-refractivity contribution in [1.29, 1.82) is 0 Å². The van der Waals surface area contributed by atoms with Gasteiger partial charge >= 0.3 is 0 Å². The Morgan fingerprint density at radius 1 is 1.00 bits per heavy atom. The Balaban J connectivity index is 2.57. The topological polar surface area (TPSA) is 17.1 Å². The molecule has 2 rings (SSSR count). The van der Waals surface area contributed by atoms with Gasteiger partial charge in [-0.1, -0.05) is 19.1 Å². The third-order valence-electron chi connectivity index (χ3n) is 2.76. The molecular weight excluding hydrogens is 234 g/mol. The maximum Gasteiger partial charge on any atom is 0.163 e. The molecule has 0 spiro atoms. The molecule has 0 heterocycles. The van der Waals surface area contributed by atoms with Gasteiger partial charge in [-0.25, -0.2) is 8.78 Å². The third-order valence-corrected chi connectivity index (χ3v) is 2.76. The quantitative estimate of drug-likeness (QED) is 0.741. The summed E-state index contributed by atoms with van der Waals surface area (Å²) in [5.41, 5.74) is 1.60. The zero-order valence-electron chi connectivity index (χ0n) is 9.91. The van der Waals surface area contributed by atoms with Gasteiger partial charge in [0.2, 0.25) is 0 Å². The summed E-state index contributed by atoms with van der Waals surface area (Å²) in [6, 6.07) is 9.69. The molecule has 0 N–H and O–H groups in total. The van der Waals surface area contributed by atoms with Crippen molar-refractivity contribution in [2.75, 3.05) is 0 Å². The second-order valence-corrected chi connectivity index (χ2v) is 3.97. The zero-order valence-corrected chi connectivity index (χ0v) is 9.91. The summed E-state index contributed by atoms with van der Waals surface area (Å²) in [5, 5.41) is 0. The number of benzene rings is 2. The molecule has 3 heteroatoms. The maximum absolute atomic E-state index is 13.3. The largest absolute Gasteiger partial charge is 0.294 e. The lowest BCUT2D eigenvalue weighted by Crippen LogP contribution is -2.00. The Kier molecular flexibility index (Phi) is 3.51. The van der Waals surface area contributed by atoms with Gasteiger partial charge in [0, 0.05) is 12.0 Å². The molecule has 92 valence electrons. The fourth-order valence-corrected chi connectivity index (χ4v) is 1.82. The summed E-state index contributed by atoms with van der Waals surface area (Å²) in [5.74, 6) is -0.838. The first kappa shape index (κ1) is 12.4. The highest BCUT2D eigenvalue weighted by atomic mass is 19.1. The fourth-order valence-electron chi connectivity index (χ4n) is 1.82. The van der Waals surface area contributed by atoms with Crippen LogP contribution in [0.3, 0.4) is 0 Å². The SMILES string of the molecule is CCC(=O)c1ccc(F)cc1-c1ccc(F)cc1. The minimum absolute atomic E-state index is 0.0608. The van der Waals surface area contributed by atoms with Crippen LogP contribution < -0.4 is 0 Å². The number of carbonyl (C=O) groups excluding carboxylic acids is 1. The summed E-state index contributed by atoms with van der Waals surface area (Å²) in [7, 11) is 0. The van der Waals surface area contributed by atoms with E-state index in [1.807, 2.05) is 0 Å². The number of Topliss-reactive ketones (excluding diaryl/α,β-unsaturated/α-hetero) is 1. The van der Waals surface area contributed by atoms with Gasteiger partial charge in [0.25, 0.3) is 0 Å². The minimum atomic E-state index is -0.415. The van der Waals surface area contributed by atoms with Gasteiger partial charge in [0.05, 0.1) is 0 Å². The lowest BCUT2D eigenvalue weighted by molar-refractivity contribution is 0.0989. The van der Waals surface area contributed by atoms with Crippen LogP contribution in [-0.4, -0.2) is 5.78 Å². The van der Waals surface area contributed by atoms with E-state index in [9.17, 15) is 13.6 Å². The Hall–Kier alpha value is -2.03. The minimum Gasteiger partial charge on any atom is -0.294 e. The summed E-state index contributed by atoms with van der Waals surface area (Å²) in [6.07, 6.45) is 0.347. The highest BCUT2D eigenvalue weighted by Crippen LogP contribution is 2.26. The molecule has 0 radical (unpaired) electrons. The number of hydrogen-bond donors (Lipinski definition) is 0. The summed E-state index contributed by atoms with van der Waals surface area (Å²) < 4.78 is 26.2. The Labute approximate surface area is 104 Å². The molecule has 0 aliphatic rings. The molecule has 0 aliphatic heterocycles. The first-order chi connectivity index (χ1) is 8.61. The van der Waals surface area contributed by atoms with Gasteiger partial charge in [-0.3, -0.25) is 4.79 Å². The monoisotopic (exact) mass is 246 g/mol. The van der Waals surface area contributed by atoms with E-state index >= 15 is 0 Å². The lowest BCUT2D eigenvalue weighted by Gasteiger charge is -2.08. The highest BCUT2D eigenvalue weighted by molar-refractivity contribution is 6.02. The molecule has 0 fully saturated rings. The molecule has 0 saturated heterocycles. The number of rotatable bonds is 3. The van der Waals surface area contributed by atoms with E-state index in [4.69, 9.17) is 0 Å². The van der Waals surface area contributed by atoms with Crippen molar-refractivity contribution in [2.45, 2.75) is 13.3 Å². The normalized spacial score (nSPS) is 10.4. The third kappa shape index (κ3) is 2.45. The highest BCUT2D eigenvalue weighted by Gasteiger charge is 2.12. The molecule has 2 aromatic carbocycles. The fraction of sp³-hybridized carbons (Fsp3) is 0.133. The van der Waals surface area contributed by atoms with E-state index in [-0.39, 0.29) is 11.6 Å². The number of halogens is 2. The maximum atomic E-state index is 13.3. The molecule has 0 atom stereocenters. The summed E-state index contributed by atoms with van der Waals surface area (Å²) in [6.45, 7) is 1.75. The standard InChI is InChI=1S/C15H12F2O/c1-2-15(18)13-8-7-12(17)9-14(13)10-3-5-11(16)6-4-10/h3-9H,2H2,1H3. The molecular formula is C15H12F2O. The Morgan fingerprint density at radius 3 is 2.22 bits per heavy atom. The predicted molar refractivity (Wildman–Crippen MR) is 66.4 cm³/mol. The summed E-state index contributed by atoms with van der Waals surface area (Å²) >= 11 is 0. The van der Waals surface area contributed by atoms with E-state index in [0.717, 1.165) is 0 Å². The number of ketones is 1. The van der Waals surface area contributed by atoms with Crippen LogP contribution in [0.5, 0.6) is 0 Å². The molecule has 0 aromatic heterocycles. The second kappa shape index (κ2) is 5.08. The summed E-state index contributed by atoms with van der Waals surface area (Å²) in [4.78, 5) is 11.8. The van der Waals surface area contributed by atoms with E-state index < -0.39 is 5.82 Å². The van der Waals surface area contributed by atoms with Crippen LogP contribution >= 0.6 is 0 Å². The molecule has 18 heavy (non-hydrogen) atoms. The Morgan fingerprint density at radius 2 is 1.61 bits per heavy atom. The molecule has 0 aliphatic carbocycles. The van der Waals surface area contributed by atoms with Gasteiger partial charge in [-0.2, -0.15) is 0 Å². The van der Waals surface area contributed by atoms with Gasteiger partial charge in [0.15, 0.2) is 5.78 Å². The van der Waals surface area contributed by atoms with Crippen molar-refractivity contribution in [3.63, 3.8) is 0 Å². The average molecular weight is 246 g/mol. The number of hydrogen-bond acceptors (Lipinski definition) is 1. The Bertz CT molecular complexity index is 574. The van der Waals surface area contributed by atoms with Crippen LogP contribution in [0.4, 0.5) is 8.78 Å². The number of carbonyl (C=O) groups is 1. The van der Waals surface area contributed by atoms with Gasteiger partial charge in [-0.05, 0) is 41.5 Å². The van der Waals surface area contributed by atoms with Gasteiger partial charge < -0.3 is 0 Å². The van der Waals surface area contributed by atoms with Crippen LogP contribution in [0.15, 0.2) is 42.5 Å². The van der Waals surface area contributed by atoms with E-state index in [2.05, 4.69) is 0 Å². The molecule has 0 unspecified atom stereocenters. The van der Waals surface area contributed by atoms with Crippen molar-refractivity contribution in [1.82, 2.24) is 0 Å². The van der Waals surface area contributed by atoms with Crippen LogP contribution in [-0.2, 0) is 0 Å². The molecule has 0 bridgehead atoms. The van der Waals surface area contributed by atoms with Gasteiger partial charge in [-0.15, -0.1) is 0 Å². The van der Waals surface area contributed by atoms with E-state index in [1.54, 1.807) is 6.92 Å². The molecule has 0 saturated carbocycles. The first-order valence-electron chi connectivity index (χ1n) is 5.70. The van der Waals surface area contributed by atoms with Crippen molar-refractivity contribution < 1.29 is 13.6 Å². The average Bonchev–Trinajstić information content (AvgIpc) is 2.38. The van der Waals surface area contributed by atoms with Crippen molar-refractivity contribution >= 4 is 5.78 Å². The smallest absolute Gasteiger partial charge is 0.163 e. The predicted octanol–water partition coefficient (Wildman–Crippen LogP) is 4.22. The first-order valence-corrected chi connectivity index (χ1v) is 5.70. The van der Waals surface area contributed by atoms with Crippen LogP contribution in [0.2, 0.25) is 0 Å². The van der Waals surface area contributed by atoms with Crippen molar-refractivity contribution in [3.05, 3.63) is 59.7 Å². The van der Waals surface area contributed by atoms with Gasteiger partial charge in [0.1, 0.15) is 11.6 Å². The lowest BCUT2D eigenvalue weighted by atomic mass is 9.96. The van der Waals surface area contributed by atoms with Crippen LogP contribution in [0.25, 0.3) is 11.1 Å². The second-order valence-electron chi connectivity index (χ2n) is 3.97. The van der Waals surface area contributed by atoms with E-state index in [1.165, 1.54) is 42.5 Å². The molecule has 2 aromatic rings. The van der Waals surface area contributed by atoms with Crippen molar-refractivity contribution in [3.8, 4) is 11.1 Å². The van der Waals surface area contributed by atoms with Crippen molar-refractivity contribution in [2.24, 2.45) is 0 Å². The molecule has 0 amide bonds. The van der Waals surface area contributed by atoms with Crippen LogP contribution in [0, 0.1) is 11.6 Å². The molecule has 1 nitrogen and oxygen atoms in total. The van der Waals surface area contributed by atoms with Crippen LogP contribution in [0.1, 0.15) is 23.7 Å². The van der Waals surface area contributed by atoms with E-state index in [0.29, 0.717) is 23.1 Å². The zero-order chi connectivity index (χ0) is 13.1.